The number of piperidine rings is 1. The van der Waals surface area contributed by atoms with E-state index in [2.05, 4.69) is 4.98 Å². The highest BCUT2D eigenvalue weighted by atomic mass is 32.2. The summed E-state index contributed by atoms with van der Waals surface area (Å²) in [7, 11) is -3.54. The van der Waals surface area contributed by atoms with E-state index >= 15 is 0 Å². The van der Waals surface area contributed by atoms with Crippen molar-refractivity contribution in [3.05, 3.63) is 53.8 Å². The molecule has 0 saturated carbocycles. The molecule has 2 aromatic carbocycles. The van der Waals surface area contributed by atoms with Gasteiger partial charge in [-0.05, 0) is 62.2 Å². The summed E-state index contributed by atoms with van der Waals surface area (Å²) in [5.74, 6) is -0.339. The van der Waals surface area contributed by atoms with Gasteiger partial charge in [0, 0.05) is 25.2 Å². The van der Waals surface area contributed by atoms with E-state index in [1.807, 2.05) is 11.5 Å². The van der Waals surface area contributed by atoms with E-state index in [1.165, 1.54) is 36.0 Å². The highest BCUT2D eigenvalue weighted by Crippen LogP contribution is 2.28. The third kappa shape index (κ3) is 4.53. The minimum atomic E-state index is -3.54. The van der Waals surface area contributed by atoms with E-state index in [-0.39, 0.29) is 22.2 Å². The van der Waals surface area contributed by atoms with Gasteiger partial charge >= 0.3 is 0 Å². The molecule has 0 amide bonds. The van der Waals surface area contributed by atoms with Crippen LogP contribution in [-0.4, -0.2) is 46.9 Å². The van der Waals surface area contributed by atoms with Crippen LogP contribution in [0.4, 0.5) is 4.39 Å². The minimum Gasteiger partial charge on any atom is -0.319 e. The molecule has 2 heterocycles. The number of imidazole rings is 1. The number of fused-ring (bicyclic) bond motifs is 1. The van der Waals surface area contributed by atoms with Crippen molar-refractivity contribution in [3.8, 4) is 0 Å². The summed E-state index contributed by atoms with van der Waals surface area (Å²) >= 11 is 1.29. The van der Waals surface area contributed by atoms with Crippen molar-refractivity contribution >= 4 is 38.6 Å². The van der Waals surface area contributed by atoms with Crippen molar-refractivity contribution in [2.75, 3.05) is 18.8 Å². The molecule has 0 bridgehead atoms. The maximum Gasteiger partial charge on any atom is 0.243 e. The molecule has 31 heavy (non-hydrogen) atoms. The van der Waals surface area contributed by atoms with Crippen LogP contribution in [0.1, 0.15) is 36.5 Å². The molecule has 4 rings (SSSR count). The van der Waals surface area contributed by atoms with Gasteiger partial charge in [-0.25, -0.2) is 17.8 Å². The summed E-state index contributed by atoms with van der Waals surface area (Å²) < 4.78 is 42.6. The van der Waals surface area contributed by atoms with Gasteiger partial charge in [-0.3, -0.25) is 4.79 Å². The Kier molecular flexibility index (Phi) is 6.45. The number of aryl methyl sites for hydroxylation is 1. The molecule has 1 aliphatic rings. The summed E-state index contributed by atoms with van der Waals surface area (Å²) in [6.45, 7) is 3.72. The number of carbonyl (C=O) groups excluding carboxylic acids is 1. The number of Topliss-reactive ketones (excluding diaryl/α,β-unsaturated/α-hetero) is 1. The normalized spacial score (nSPS) is 15.4. The Morgan fingerprint density at radius 1 is 1.10 bits per heavy atom. The maximum absolute atomic E-state index is 13.1. The van der Waals surface area contributed by atoms with Crippen LogP contribution in [0.15, 0.2) is 52.5 Å². The number of hydrogen-bond acceptors (Lipinski definition) is 5. The fourth-order valence-corrected chi connectivity index (χ4v) is 6.28. The van der Waals surface area contributed by atoms with Gasteiger partial charge in [0.15, 0.2) is 10.9 Å². The van der Waals surface area contributed by atoms with E-state index in [0.29, 0.717) is 35.9 Å². The van der Waals surface area contributed by atoms with Gasteiger partial charge in [0.1, 0.15) is 5.82 Å². The third-order valence-corrected chi connectivity index (χ3v) is 8.32. The van der Waals surface area contributed by atoms with Gasteiger partial charge in [-0.2, -0.15) is 4.31 Å². The molecular formula is C22H24FN3O3S2. The number of sulfonamides is 1. The summed E-state index contributed by atoms with van der Waals surface area (Å²) in [5.41, 5.74) is 1.87. The topological polar surface area (TPSA) is 72.3 Å². The first kappa shape index (κ1) is 22.0. The average Bonchev–Trinajstić information content (AvgIpc) is 3.15. The Morgan fingerprint density at radius 3 is 2.48 bits per heavy atom. The molecule has 9 heteroatoms. The fourth-order valence-electron chi connectivity index (χ4n) is 3.77. The number of ketones is 1. The van der Waals surface area contributed by atoms with Gasteiger partial charge in [0.2, 0.25) is 10.0 Å². The van der Waals surface area contributed by atoms with E-state index in [0.717, 1.165) is 24.8 Å². The van der Waals surface area contributed by atoms with E-state index in [1.54, 1.807) is 22.5 Å². The Balaban J connectivity index is 1.58. The van der Waals surface area contributed by atoms with Crippen LogP contribution in [0.2, 0.25) is 0 Å². The van der Waals surface area contributed by atoms with Crippen LogP contribution in [0.5, 0.6) is 0 Å². The molecule has 0 atom stereocenters. The zero-order valence-electron chi connectivity index (χ0n) is 17.3. The molecule has 0 unspecified atom stereocenters. The Labute approximate surface area is 185 Å². The zero-order chi connectivity index (χ0) is 22.0. The lowest BCUT2D eigenvalue weighted by molar-refractivity contribution is 0.102. The molecule has 164 valence electrons. The molecule has 3 aromatic rings. The molecule has 6 nitrogen and oxygen atoms in total. The van der Waals surface area contributed by atoms with Crippen molar-refractivity contribution < 1.29 is 17.6 Å². The van der Waals surface area contributed by atoms with E-state index in [4.69, 9.17) is 0 Å². The van der Waals surface area contributed by atoms with Crippen molar-refractivity contribution in [1.29, 1.82) is 0 Å². The van der Waals surface area contributed by atoms with Gasteiger partial charge in [0.25, 0.3) is 0 Å². The average molecular weight is 462 g/mol. The largest absolute Gasteiger partial charge is 0.319 e. The van der Waals surface area contributed by atoms with Crippen LogP contribution in [0.3, 0.4) is 0 Å². The highest BCUT2D eigenvalue weighted by molar-refractivity contribution is 7.99. The first-order valence-corrected chi connectivity index (χ1v) is 12.7. The summed E-state index contributed by atoms with van der Waals surface area (Å²) in [6, 6.07) is 10.5. The molecule has 0 spiro atoms. The van der Waals surface area contributed by atoms with Crippen molar-refractivity contribution in [2.45, 2.75) is 42.8 Å². The van der Waals surface area contributed by atoms with Crippen molar-refractivity contribution in [2.24, 2.45) is 0 Å². The summed E-state index contributed by atoms with van der Waals surface area (Å²) in [6.07, 6.45) is 2.83. The van der Waals surface area contributed by atoms with Gasteiger partial charge in [0.05, 0.1) is 21.7 Å². The molecule has 1 saturated heterocycles. The van der Waals surface area contributed by atoms with Gasteiger partial charge in [-0.15, -0.1) is 0 Å². The van der Waals surface area contributed by atoms with Gasteiger partial charge < -0.3 is 4.57 Å². The second-order valence-corrected chi connectivity index (χ2v) is 10.4. The lowest BCUT2D eigenvalue weighted by atomic mass is 10.1. The van der Waals surface area contributed by atoms with Crippen LogP contribution in [0, 0.1) is 5.82 Å². The smallest absolute Gasteiger partial charge is 0.243 e. The van der Waals surface area contributed by atoms with Crippen LogP contribution in [-0.2, 0) is 16.6 Å². The number of carbonyl (C=O) groups is 1. The van der Waals surface area contributed by atoms with Crippen molar-refractivity contribution in [3.63, 3.8) is 0 Å². The lowest BCUT2D eigenvalue weighted by Gasteiger charge is -2.25. The number of benzene rings is 2. The monoisotopic (exact) mass is 461 g/mol. The number of aromatic nitrogens is 2. The van der Waals surface area contributed by atoms with Gasteiger partial charge in [-0.1, -0.05) is 18.2 Å². The Hall–Kier alpha value is -2.23. The second-order valence-electron chi connectivity index (χ2n) is 7.47. The number of rotatable bonds is 7. The lowest BCUT2D eigenvalue weighted by Crippen LogP contribution is -2.35. The summed E-state index contributed by atoms with van der Waals surface area (Å²) in [5, 5.41) is 0.653. The number of halogens is 1. The molecule has 0 N–H and O–H groups in total. The molecule has 0 radical (unpaired) electrons. The standard InChI is InChI=1S/C22H24FN3O3S2/c1-2-26-20-11-10-18(31(28,29)25-12-4-3-5-13-25)14-19(20)24-22(26)30-15-21(27)16-6-8-17(23)9-7-16/h6-11,14H,2-5,12-13,15H2,1H3. The Morgan fingerprint density at radius 2 is 1.81 bits per heavy atom. The predicted molar refractivity (Wildman–Crippen MR) is 119 cm³/mol. The first-order chi connectivity index (χ1) is 14.9. The molecule has 1 aromatic heterocycles. The number of thioether (sulfide) groups is 1. The Bertz CT molecular complexity index is 1200. The predicted octanol–water partition coefficient (Wildman–Crippen LogP) is 4.34. The zero-order valence-corrected chi connectivity index (χ0v) is 18.9. The van der Waals surface area contributed by atoms with Crippen molar-refractivity contribution in [1.82, 2.24) is 13.9 Å². The fraction of sp³-hybridized carbons (Fsp3) is 0.364. The maximum atomic E-state index is 13.1. The molecule has 1 fully saturated rings. The second kappa shape index (κ2) is 9.10. The first-order valence-electron chi connectivity index (χ1n) is 10.3. The quantitative estimate of drug-likeness (QED) is 0.387. The molecule has 0 aliphatic carbocycles. The molecular weight excluding hydrogens is 437 g/mol. The molecule has 1 aliphatic heterocycles. The van der Waals surface area contributed by atoms with E-state index < -0.39 is 10.0 Å². The minimum absolute atomic E-state index is 0.118. The van der Waals surface area contributed by atoms with Crippen LogP contribution < -0.4 is 0 Å². The SMILES string of the molecule is CCn1c(SCC(=O)c2ccc(F)cc2)nc2cc(S(=O)(=O)N3CCCCC3)ccc21. The van der Waals surface area contributed by atoms with Crippen LogP contribution in [0.25, 0.3) is 11.0 Å². The number of nitrogens with zero attached hydrogens (tertiary/aromatic N) is 3. The third-order valence-electron chi connectivity index (χ3n) is 5.45. The summed E-state index contributed by atoms with van der Waals surface area (Å²) in [4.78, 5) is 17.3. The van der Waals surface area contributed by atoms with Crippen LogP contribution >= 0.6 is 11.8 Å². The number of hydrogen-bond donors (Lipinski definition) is 0. The highest BCUT2D eigenvalue weighted by Gasteiger charge is 2.26. The van der Waals surface area contributed by atoms with E-state index in [9.17, 15) is 17.6 Å².